The average molecular weight is 201 g/mol. The summed E-state index contributed by atoms with van der Waals surface area (Å²) in [5.41, 5.74) is 0. The fourth-order valence-corrected chi connectivity index (χ4v) is 2.75. The predicted octanol–water partition coefficient (Wildman–Crippen LogP) is -0.0413. The number of amides is 1. The van der Waals surface area contributed by atoms with Gasteiger partial charge in [-0.2, -0.15) is 0 Å². The van der Waals surface area contributed by atoms with Crippen LogP contribution in [0.1, 0.15) is 20.8 Å². The molecule has 0 spiro atoms. The van der Waals surface area contributed by atoms with E-state index in [9.17, 15) is 13.2 Å². The molecule has 1 aliphatic rings. The minimum Gasteiger partial charge on any atom is -0.272 e. The zero-order chi connectivity index (χ0) is 10.4. The molecule has 0 N–H and O–H groups in total. The Morgan fingerprint density at radius 2 is 2.00 bits per heavy atom. The number of nitrogens with zero attached hydrogens (tertiary/aromatic N) is 1. The molecule has 0 aliphatic carbocycles. The molecule has 1 atom stereocenters. The second kappa shape index (κ2) is 2.48. The van der Waals surface area contributed by atoms with Gasteiger partial charge in [0.05, 0.1) is 0 Å². The summed E-state index contributed by atoms with van der Waals surface area (Å²) in [4.78, 5) is 11.4. The van der Waals surface area contributed by atoms with Gasteiger partial charge in [-0.05, 0) is 20.8 Å². The summed E-state index contributed by atoms with van der Waals surface area (Å²) in [5.74, 6) is 1.78. The van der Waals surface area contributed by atoms with Gasteiger partial charge in [-0.25, -0.2) is 12.7 Å². The standard InChI is InChI=1S/C8H11NO3S/c1-5-6(2)9-7(10)8(3,4)13(9,11)12/h1,6H,2-4H3. The van der Waals surface area contributed by atoms with Crippen LogP contribution in [-0.4, -0.2) is 29.4 Å². The van der Waals surface area contributed by atoms with Crippen molar-refractivity contribution in [1.82, 2.24) is 4.31 Å². The third-order valence-corrected chi connectivity index (χ3v) is 4.68. The number of sulfonamides is 1. The van der Waals surface area contributed by atoms with E-state index in [1.54, 1.807) is 0 Å². The monoisotopic (exact) mass is 201 g/mol. The summed E-state index contributed by atoms with van der Waals surface area (Å²) in [6, 6.07) is -0.689. The number of carbonyl (C=O) groups excluding carboxylic acids is 1. The van der Waals surface area contributed by atoms with Crippen molar-refractivity contribution in [3.05, 3.63) is 0 Å². The molecule has 0 aromatic carbocycles. The quantitative estimate of drug-likeness (QED) is 0.559. The molecule has 1 fully saturated rings. The van der Waals surface area contributed by atoms with Crippen LogP contribution in [0.25, 0.3) is 0 Å². The van der Waals surface area contributed by atoms with E-state index in [-0.39, 0.29) is 0 Å². The Kier molecular flexibility index (Phi) is 1.92. The molecule has 1 heterocycles. The molecule has 0 saturated carbocycles. The average Bonchev–Trinajstić information content (AvgIpc) is 2.03. The second-order valence-electron chi connectivity index (χ2n) is 3.46. The van der Waals surface area contributed by atoms with Crippen LogP contribution < -0.4 is 0 Å². The van der Waals surface area contributed by atoms with Gasteiger partial charge in [0, 0.05) is 0 Å². The maximum atomic E-state index is 11.5. The van der Waals surface area contributed by atoms with E-state index in [0.29, 0.717) is 0 Å². The number of rotatable bonds is 1. The van der Waals surface area contributed by atoms with Crippen LogP contribution in [0.2, 0.25) is 0 Å². The lowest BCUT2D eigenvalue weighted by atomic mass is 10.1. The molecule has 0 radical (unpaired) electrons. The van der Waals surface area contributed by atoms with Crippen molar-refractivity contribution in [1.29, 1.82) is 0 Å². The number of hydrogen-bond donors (Lipinski definition) is 0. The second-order valence-corrected chi connectivity index (χ2v) is 5.82. The van der Waals surface area contributed by atoms with E-state index in [2.05, 4.69) is 5.92 Å². The van der Waals surface area contributed by atoms with Crippen molar-refractivity contribution < 1.29 is 13.2 Å². The summed E-state index contributed by atoms with van der Waals surface area (Å²) in [6.07, 6.45) is 5.05. The highest BCUT2D eigenvalue weighted by molar-refractivity contribution is 7.94. The summed E-state index contributed by atoms with van der Waals surface area (Å²) in [6.45, 7) is 4.26. The van der Waals surface area contributed by atoms with Gasteiger partial charge in [0.2, 0.25) is 0 Å². The topological polar surface area (TPSA) is 54.5 Å². The van der Waals surface area contributed by atoms with E-state index in [1.807, 2.05) is 0 Å². The molecule has 13 heavy (non-hydrogen) atoms. The zero-order valence-electron chi connectivity index (χ0n) is 7.73. The Hall–Kier alpha value is -1.02. The number of terminal acetylenes is 1. The van der Waals surface area contributed by atoms with E-state index in [4.69, 9.17) is 6.42 Å². The van der Waals surface area contributed by atoms with Gasteiger partial charge >= 0.3 is 0 Å². The fourth-order valence-electron chi connectivity index (χ4n) is 1.14. The number of hydrogen-bond acceptors (Lipinski definition) is 3. The predicted molar refractivity (Wildman–Crippen MR) is 48.1 cm³/mol. The third kappa shape index (κ3) is 0.985. The first kappa shape index (κ1) is 10.1. The molecule has 1 saturated heterocycles. The summed E-state index contributed by atoms with van der Waals surface area (Å²) < 4.78 is 22.4. The van der Waals surface area contributed by atoms with Gasteiger partial charge in [0.1, 0.15) is 6.04 Å². The highest BCUT2D eigenvalue weighted by Gasteiger charge is 2.61. The third-order valence-electron chi connectivity index (χ3n) is 2.21. The Balaban J connectivity index is 3.12. The van der Waals surface area contributed by atoms with Crippen LogP contribution in [0.3, 0.4) is 0 Å². The molecule has 0 bridgehead atoms. The summed E-state index contributed by atoms with van der Waals surface area (Å²) >= 11 is 0. The lowest BCUT2D eigenvalue weighted by molar-refractivity contribution is -0.132. The van der Waals surface area contributed by atoms with Crippen molar-refractivity contribution in [2.24, 2.45) is 0 Å². The first-order chi connectivity index (χ1) is 5.76. The minimum atomic E-state index is -3.52. The minimum absolute atomic E-state index is 0.432. The molecule has 0 aromatic heterocycles. The van der Waals surface area contributed by atoms with Gasteiger partial charge in [-0.3, -0.25) is 4.79 Å². The lowest BCUT2D eigenvalue weighted by Gasteiger charge is -2.44. The van der Waals surface area contributed by atoms with Gasteiger partial charge in [-0.1, -0.05) is 5.92 Å². The smallest absolute Gasteiger partial charge is 0.260 e. The van der Waals surface area contributed by atoms with Crippen molar-refractivity contribution in [2.75, 3.05) is 0 Å². The largest absolute Gasteiger partial charge is 0.272 e. The first-order valence-corrected chi connectivity index (χ1v) is 5.25. The zero-order valence-corrected chi connectivity index (χ0v) is 8.55. The molecule has 4 nitrogen and oxygen atoms in total. The highest BCUT2D eigenvalue weighted by atomic mass is 32.2. The molecule has 72 valence electrons. The van der Waals surface area contributed by atoms with Gasteiger partial charge in [-0.15, -0.1) is 6.42 Å². The molecule has 1 amide bonds. The van der Waals surface area contributed by atoms with Gasteiger partial charge < -0.3 is 0 Å². The van der Waals surface area contributed by atoms with E-state index < -0.39 is 26.7 Å². The Labute approximate surface area is 78.0 Å². The van der Waals surface area contributed by atoms with Crippen LogP contribution >= 0.6 is 0 Å². The maximum absolute atomic E-state index is 11.5. The van der Waals surface area contributed by atoms with Gasteiger partial charge in [0.15, 0.2) is 4.75 Å². The molecule has 1 rings (SSSR count). The van der Waals surface area contributed by atoms with E-state index >= 15 is 0 Å². The van der Waals surface area contributed by atoms with Crippen molar-refractivity contribution in [2.45, 2.75) is 31.6 Å². The maximum Gasteiger partial charge on any atom is 0.260 e. The fraction of sp³-hybridized carbons (Fsp3) is 0.625. The Bertz CT molecular complexity index is 388. The molecular formula is C8H11NO3S. The SMILES string of the molecule is C#CC(C)N1C(=O)C(C)(C)S1(=O)=O. The van der Waals surface area contributed by atoms with Crippen LogP contribution in [0.5, 0.6) is 0 Å². The van der Waals surface area contributed by atoms with E-state index in [1.165, 1.54) is 20.8 Å². The number of carbonyl (C=O) groups is 1. The molecule has 1 unspecified atom stereocenters. The summed E-state index contributed by atoms with van der Waals surface area (Å²) in [5, 5.41) is 0. The highest BCUT2D eigenvalue weighted by Crippen LogP contribution is 2.36. The molecule has 0 aromatic rings. The van der Waals surface area contributed by atoms with Crippen molar-refractivity contribution in [3.63, 3.8) is 0 Å². The van der Waals surface area contributed by atoms with Crippen molar-refractivity contribution >= 4 is 15.9 Å². The molecule has 1 aliphatic heterocycles. The van der Waals surface area contributed by atoms with Crippen LogP contribution in [0.4, 0.5) is 0 Å². The Morgan fingerprint density at radius 3 is 2.31 bits per heavy atom. The van der Waals surface area contributed by atoms with Gasteiger partial charge in [0.25, 0.3) is 15.9 Å². The van der Waals surface area contributed by atoms with Crippen LogP contribution in [0.15, 0.2) is 0 Å². The van der Waals surface area contributed by atoms with Crippen LogP contribution in [-0.2, 0) is 14.8 Å². The van der Waals surface area contributed by atoms with Crippen molar-refractivity contribution in [3.8, 4) is 12.3 Å². The van der Waals surface area contributed by atoms with E-state index in [0.717, 1.165) is 4.31 Å². The molecule has 5 heteroatoms. The summed E-state index contributed by atoms with van der Waals surface area (Å²) in [7, 11) is -3.52. The Morgan fingerprint density at radius 1 is 1.54 bits per heavy atom. The van der Waals surface area contributed by atoms with Crippen LogP contribution in [0, 0.1) is 12.3 Å². The lowest BCUT2D eigenvalue weighted by Crippen LogP contribution is -2.69. The normalized spacial score (nSPS) is 26.0. The molecular weight excluding hydrogens is 190 g/mol. The first-order valence-electron chi connectivity index (χ1n) is 3.81.